The highest BCUT2D eigenvalue weighted by Crippen LogP contribution is 2.42. The topological polar surface area (TPSA) is 358 Å². The van der Waals surface area contributed by atoms with E-state index in [1.54, 1.807) is 83.3 Å². The maximum Gasteiger partial charge on any atom is 0.416 e. The van der Waals surface area contributed by atoms with Crippen molar-refractivity contribution in [1.82, 2.24) is 121 Å². The number of halogens is 22. The lowest BCUT2D eigenvalue weighted by atomic mass is 10.1. The summed E-state index contributed by atoms with van der Waals surface area (Å²) in [6.07, 6.45) is -17.1. The second-order valence-electron chi connectivity index (χ2n) is 28.5. The van der Waals surface area contributed by atoms with E-state index in [2.05, 4.69) is 138 Å². The fourth-order valence-electron chi connectivity index (χ4n) is 11.6. The number of aromatic amines is 4. The van der Waals surface area contributed by atoms with Crippen molar-refractivity contribution in [2.75, 3.05) is 22.6 Å². The fourth-order valence-corrected chi connectivity index (χ4v) is 17.5. The first-order chi connectivity index (χ1) is 65.1. The Bertz CT molecular complexity index is 6730. The highest BCUT2D eigenvalue weighted by Gasteiger charge is 2.36. The number of H-pyrrole nitrogens is 4. The number of alkyl halides is 15. The van der Waals surface area contributed by atoms with Gasteiger partial charge in [-0.15, -0.1) is 30.6 Å². The standard InChI is InChI=1S/C21H16ClF3N6S.C19H19ClF3N5S2.C15H10ClF3N4OS2.C14H9Cl2F3N6.C14H8Cl2F3N5S/c1-12-7-14(9-15(8-12)21(23,24)25)18-29-20(31-30-18)32-19-27-16(22)10-17(28-19)26-11-13-5-3-2-4-6-13;1-3-4-5-6-29-17-24-14(20)10-15(25-17)30-18-26-16(27-28-18)12-7-11(2)8-13(9-12)19(21,22)23;1-7-3-8(5-9(4-7)15(17,18)19)12-22-23-14(24-12)26-11-6-10(16)20-13(21-11)25-2;1-6-2-7(4-8(3-6)14(17,18)19)11-22-13(25-24-11)23-12-20-9(15)5-10(16)21-12;1-6-2-7(4-8(3-6)14(17,18)19)11-22-13(24-23-11)25-12-20-9(15)5-10(16)21-12/h2-10H,11H2,1H3,(H,26,27,28)(H,29,30,31);7-10H,3-6H2,1-2H3,(H,26,27,28);3-6H,1-2H3;2-5H,1H3,(H2,20,21,22,23,24,25);2-5H,1H3,(H,22,23,24). The van der Waals surface area contributed by atoms with Gasteiger partial charge < -0.3 is 9.73 Å². The molecule has 0 saturated heterocycles. The summed E-state index contributed by atoms with van der Waals surface area (Å²) in [4.78, 5) is 58.0. The lowest BCUT2D eigenvalue weighted by Gasteiger charge is -2.09. The zero-order valence-corrected chi connectivity index (χ0v) is 81.3. The van der Waals surface area contributed by atoms with Crippen LogP contribution in [0.3, 0.4) is 0 Å². The molecule has 0 aliphatic carbocycles. The molecule has 0 fully saturated rings. The van der Waals surface area contributed by atoms with Gasteiger partial charge in [-0.3, -0.25) is 25.7 Å². The maximum absolute atomic E-state index is 13.1. The van der Waals surface area contributed by atoms with Gasteiger partial charge in [-0.25, -0.2) is 64.8 Å². The SMILES string of the molecule is CCCCCSc1nc(Cl)cc(Sc2n[nH]c(-c3cc(C)cc(C(F)(F)F)c3)n2)n1.CSc1nc(Cl)cc(Sc2nnc(-c3cc(C)cc(C(F)(F)F)c3)o2)n1.Cc1cc(-c2nc(Nc3nc(Cl)cc(Cl)n3)n[nH]2)cc(C(F)(F)F)c1.Cc1cc(-c2nc(Sc3nc(Cl)cc(Cl)n3)n[nH]2)cc(C(F)(F)F)c1.Cc1cc(-c2nc(Sc3nc(Cl)cc(NCc4ccccc4)n3)n[nH]2)cc(C(F)(F)F)c1. The molecule has 0 amide bonds. The van der Waals surface area contributed by atoms with Gasteiger partial charge in [0.15, 0.2) is 43.9 Å². The number of unbranched alkanes of at least 4 members (excludes halogenated alkanes) is 2. The van der Waals surface area contributed by atoms with Gasteiger partial charge in [0.2, 0.25) is 33.3 Å². The summed E-state index contributed by atoms with van der Waals surface area (Å²) >= 11 is 48.3. The molecule has 0 atom stereocenters. The predicted molar refractivity (Wildman–Crippen MR) is 497 cm³/mol. The molecular weight excluding hydrogens is 2100 g/mol. The zero-order chi connectivity index (χ0) is 99.7. The number of rotatable bonds is 24. The molecule has 6 aromatic carbocycles. The Labute approximate surface area is 832 Å². The van der Waals surface area contributed by atoms with Crippen LogP contribution in [-0.2, 0) is 37.4 Å². The van der Waals surface area contributed by atoms with Crippen molar-refractivity contribution < 1.29 is 70.3 Å². The van der Waals surface area contributed by atoms with E-state index in [4.69, 9.17) is 85.6 Å². The van der Waals surface area contributed by atoms with Crippen LogP contribution < -0.4 is 10.6 Å². The first kappa shape index (κ1) is 106. The minimum atomic E-state index is -4.45. The summed E-state index contributed by atoms with van der Waals surface area (Å²) in [5.41, 5.74) is 0.928. The van der Waals surface area contributed by atoms with Crippen LogP contribution in [0.1, 0.15) is 87.4 Å². The van der Waals surface area contributed by atoms with E-state index >= 15 is 0 Å². The van der Waals surface area contributed by atoms with Crippen molar-refractivity contribution >= 4 is 169 Å². The zero-order valence-electron chi connectivity index (χ0n) is 71.1. The van der Waals surface area contributed by atoms with Crippen LogP contribution in [0.5, 0.6) is 0 Å². The summed E-state index contributed by atoms with van der Waals surface area (Å²) in [5, 5.41) is 45.0. The third kappa shape index (κ3) is 32.1. The number of aryl methyl sites for hydroxylation is 5. The van der Waals surface area contributed by atoms with Crippen molar-refractivity contribution in [3.05, 3.63) is 249 Å². The Morgan fingerprint density at radius 1 is 0.341 bits per heavy atom. The number of hydrogen-bond donors (Lipinski definition) is 6. The van der Waals surface area contributed by atoms with Gasteiger partial charge in [0.25, 0.3) is 5.22 Å². The van der Waals surface area contributed by atoms with E-state index < -0.39 is 58.7 Å². The molecule has 16 aromatic rings. The lowest BCUT2D eigenvalue weighted by Crippen LogP contribution is -2.05. The van der Waals surface area contributed by atoms with Crippen molar-refractivity contribution in [3.63, 3.8) is 0 Å². The van der Waals surface area contributed by atoms with Crippen LogP contribution in [0.25, 0.3) is 57.0 Å². The average Bonchev–Trinajstić information content (AvgIpc) is 1.60. The molecule has 0 saturated carbocycles. The predicted octanol–water partition coefficient (Wildman–Crippen LogP) is 27.7. The summed E-state index contributed by atoms with van der Waals surface area (Å²) in [7, 11) is 0. The van der Waals surface area contributed by atoms with Crippen LogP contribution in [0.4, 0.5) is 83.6 Å². The number of benzene rings is 6. The average molecular weight is 2170 g/mol. The van der Waals surface area contributed by atoms with Crippen molar-refractivity contribution in [2.45, 2.75) is 150 Å². The molecule has 10 heterocycles. The van der Waals surface area contributed by atoms with Crippen LogP contribution in [0.2, 0.25) is 36.1 Å². The molecule has 6 N–H and O–H groups in total. The lowest BCUT2D eigenvalue weighted by molar-refractivity contribution is -0.138. The molecule has 0 unspecified atom stereocenters. The summed E-state index contributed by atoms with van der Waals surface area (Å²) in [6.45, 7) is 10.6. The molecule has 0 bridgehead atoms. The molecule has 0 spiro atoms. The summed E-state index contributed by atoms with van der Waals surface area (Å²) in [5.74, 6) is 2.36. The Kier molecular flexibility index (Phi) is 36.0. The summed E-state index contributed by atoms with van der Waals surface area (Å²) in [6, 6.07) is 35.6. The molecule has 27 nitrogen and oxygen atoms in total. The van der Waals surface area contributed by atoms with E-state index in [-0.39, 0.29) is 115 Å². The molecule has 0 aliphatic heterocycles. The highest BCUT2D eigenvalue weighted by molar-refractivity contribution is 8.00. The smallest absolute Gasteiger partial charge is 0.411 e. The summed E-state index contributed by atoms with van der Waals surface area (Å²) < 4.78 is 201. The monoisotopic (exact) mass is 2160 g/mol. The Balaban J connectivity index is 0.000000155. The molecule has 0 aliphatic rings. The number of anilines is 3. The Morgan fingerprint density at radius 2 is 0.710 bits per heavy atom. The van der Waals surface area contributed by atoms with Gasteiger partial charge in [-0.05, 0) is 219 Å². The van der Waals surface area contributed by atoms with E-state index in [1.165, 1.54) is 41.7 Å². The van der Waals surface area contributed by atoms with Crippen molar-refractivity contribution in [2.24, 2.45) is 0 Å². The third-order valence-electron chi connectivity index (χ3n) is 17.4. The minimum absolute atomic E-state index is 0.00746. The largest absolute Gasteiger partial charge is 0.416 e. The van der Waals surface area contributed by atoms with Gasteiger partial charge in [0.05, 0.1) is 27.8 Å². The molecule has 16 rings (SSSR count). The van der Waals surface area contributed by atoms with Gasteiger partial charge in [0, 0.05) is 70.4 Å². The second-order valence-corrected chi connectivity index (χ2v) is 36.8. The Hall–Kier alpha value is -10.9. The molecule has 138 heavy (non-hydrogen) atoms. The second kappa shape index (κ2) is 46.9. The van der Waals surface area contributed by atoms with E-state index in [0.717, 1.165) is 138 Å². The fraction of sp³-hybridized carbons (Fsp3) is 0.205. The van der Waals surface area contributed by atoms with Crippen LogP contribution in [0, 0.1) is 34.6 Å². The first-order valence-electron chi connectivity index (χ1n) is 39.1. The van der Waals surface area contributed by atoms with Crippen molar-refractivity contribution in [1.29, 1.82) is 0 Å². The van der Waals surface area contributed by atoms with Crippen LogP contribution in [-0.4, -0.2) is 133 Å². The van der Waals surface area contributed by atoms with Crippen LogP contribution >= 0.6 is 152 Å². The van der Waals surface area contributed by atoms with Gasteiger partial charge in [-0.2, -0.15) is 70.8 Å². The highest BCUT2D eigenvalue weighted by atomic mass is 35.5. The number of nitrogens with zero attached hydrogens (tertiary/aromatic N) is 20. The van der Waals surface area contributed by atoms with E-state index in [0.29, 0.717) is 81.6 Å². The van der Waals surface area contributed by atoms with Gasteiger partial charge >= 0.3 is 30.9 Å². The number of nitrogens with one attached hydrogen (secondary N) is 6. The molecule has 10 aromatic heterocycles. The number of hydrogen-bond acceptors (Lipinski definition) is 29. The van der Waals surface area contributed by atoms with E-state index in [1.807, 2.05) is 30.3 Å². The normalized spacial score (nSPS) is 11.7. The molecular formula is C83H62Cl7F15N26OS6. The minimum Gasteiger partial charge on any atom is -0.411 e. The number of thioether (sulfide) groups is 2. The Morgan fingerprint density at radius 3 is 1.15 bits per heavy atom. The van der Waals surface area contributed by atoms with Crippen LogP contribution in [0.15, 0.2) is 207 Å². The van der Waals surface area contributed by atoms with Gasteiger partial charge in [-0.1, -0.05) is 155 Å². The molecule has 0 radical (unpaired) electrons. The number of aromatic nitrogens is 24. The quantitative estimate of drug-likeness (QED) is 0.0108. The van der Waals surface area contributed by atoms with Gasteiger partial charge in [0.1, 0.15) is 51.9 Å². The third-order valence-corrected chi connectivity index (χ3v) is 23.2. The molecule has 720 valence electrons. The molecule has 55 heteroatoms. The van der Waals surface area contributed by atoms with Crippen molar-refractivity contribution in [3.8, 4) is 57.0 Å². The first-order valence-corrected chi connectivity index (χ1v) is 47.2. The maximum atomic E-state index is 13.1. The van der Waals surface area contributed by atoms with E-state index in [9.17, 15) is 65.9 Å².